The minimum atomic E-state index is 0.00649. The van der Waals surface area contributed by atoms with Crippen molar-refractivity contribution in [1.82, 2.24) is 24.3 Å². The highest BCUT2D eigenvalue weighted by atomic mass is 32.2. The Bertz CT molecular complexity index is 1600. The quantitative estimate of drug-likeness (QED) is 0.201. The third-order valence-electron chi connectivity index (χ3n) is 6.21. The minimum absolute atomic E-state index is 0.00649. The molecule has 0 N–H and O–H groups in total. The molecule has 3 heterocycles. The Hall–Kier alpha value is -4.22. The molecule has 0 unspecified atom stereocenters. The van der Waals surface area contributed by atoms with Gasteiger partial charge in [0.1, 0.15) is 0 Å². The Kier molecular flexibility index (Phi) is 6.65. The van der Waals surface area contributed by atoms with Gasteiger partial charge in [0.25, 0.3) is 0 Å². The second kappa shape index (κ2) is 10.2. The van der Waals surface area contributed by atoms with Crippen molar-refractivity contribution in [3.8, 4) is 23.1 Å². The summed E-state index contributed by atoms with van der Waals surface area (Å²) in [6.45, 7) is 4.71. The van der Waals surface area contributed by atoms with Crippen molar-refractivity contribution in [2.75, 3.05) is 5.75 Å². The molecule has 0 amide bonds. The number of nitrogens with zero attached hydrogens (tertiary/aromatic N) is 6. The van der Waals surface area contributed by atoms with Crippen LogP contribution in [0.4, 0.5) is 0 Å². The van der Waals surface area contributed by atoms with Gasteiger partial charge in [-0.15, -0.1) is 10.2 Å². The van der Waals surface area contributed by atoms with Crippen molar-refractivity contribution >= 4 is 28.4 Å². The molecule has 0 spiro atoms. The molecule has 5 aromatic rings. The number of fused-ring (bicyclic) bond motifs is 1. The first-order valence-corrected chi connectivity index (χ1v) is 12.6. The number of hydrogen-bond donors (Lipinski definition) is 0. The van der Waals surface area contributed by atoms with E-state index >= 15 is 0 Å². The molecule has 7 nitrogen and oxygen atoms in total. The Morgan fingerprint density at radius 2 is 1.83 bits per heavy atom. The highest BCUT2D eigenvalue weighted by molar-refractivity contribution is 7.99. The Morgan fingerprint density at radius 1 is 1.03 bits per heavy atom. The van der Waals surface area contributed by atoms with Crippen LogP contribution in [-0.2, 0) is 6.54 Å². The number of aryl methyl sites for hydroxylation is 3. The first-order valence-electron chi connectivity index (χ1n) is 11.6. The first-order chi connectivity index (χ1) is 17.6. The van der Waals surface area contributed by atoms with Gasteiger partial charge in [-0.1, -0.05) is 36.0 Å². The summed E-state index contributed by atoms with van der Waals surface area (Å²) in [5.41, 5.74) is 5.82. The Labute approximate surface area is 213 Å². The van der Waals surface area contributed by atoms with Gasteiger partial charge in [0.15, 0.2) is 16.8 Å². The number of rotatable bonds is 8. The standard InChI is InChI=1S/C28H24N6OS/c1-19-8-9-22(16-20(19)2)34-27(21-10-13-30-14-11-21)31-32-28(34)36-18-26(35)24-17-33(15-5-12-29)25-7-4-3-6-23(24)25/h3-4,6-11,13-14,16-17H,5,15,18H2,1-2H3. The molecule has 178 valence electrons. The lowest BCUT2D eigenvalue weighted by atomic mass is 10.1. The van der Waals surface area contributed by atoms with Gasteiger partial charge in [0.2, 0.25) is 0 Å². The van der Waals surface area contributed by atoms with Crippen LogP contribution in [0.2, 0.25) is 0 Å². The van der Waals surface area contributed by atoms with Crippen molar-refractivity contribution in [2.24, 2.45) is 0 Å². The zero-order valence-electron chi connectivity index (χ0n) is 20.0. The summed E-state index contributed by atoms with van der Waals surface area (Å²) in [7, 11) is 0. The Morgan fingerprint density at radius 3 is 2.61 bits per heavy atom. The molecule has 5 rings (SSSR count). The van der Waals surface area contributed by atoms with Gasteiger partial charge in [-0.3, -0.25) is 14.3 Å². The van der Waals surface area contributed by atoms with Crippen molar-refractivity contribution in [3.05, 3.63) is 89.9 Å². The van der Waals surface area contributed by atoms with Crippen LogP contribution in [0.15, 0.2) is 78.3 Å². The van der Waals surface area contributed by atoms with E-state index in [4.69, 9.17) is 5.26 Å². The van der Waals surface area contributed by atoms with Gasteiger partial charge in [-0.25, -0.2) is 0 Å². The van der Waals surface area contributed by atoms with E-state index in [1.807, 2.05) is 57.8 Å². The summed E-state index contributed by atoms with van der Waals surface area (Å²) in [5.74, 6) is 0.918. The molecule has 0 saturated heterocycles. The molecule has 8 heteroatoms. The topological polar surface area (TPSA) is 89.4 Å². The van der Waals surface area contributed by atoms with Crippen molar-refractivity contribution in [1.29, 1.82) is 5.26 Å². The largest absolute Gasteiger partial charge is 0.346 e. The molecule has 36 heavy (non-hydrogen) atoms. The van der Waals surface area contributed by atoms with Crippen molar-refractivity contribution < 1.29 is 4.79 Å². The third kappa shape index (κ3) is 4.53. The zero-order chi connectivity index (χ0) is 25.1. The Balaban J connectivity index is 1.48. The summed E-state index contributed by atoms with van der Waals surface area (Å²) in [5, 5.41) is 19.5. The molecule has 0 bridgehead atoms. The first kappa shape index (κ1) is 23.5. The van der Waals surface area contributed by atoms with Gasteiger partial charge in [-0.05, 0) is 55.3 Å². The summed E-state index contributed by atoms with van der Waals surface area (Å²) in [4.78, 5) is 17.5. The fourth-order valence-electron chi connectivity index (χ4n) is 4.18. The zero-order valence-corrected chi connectivity index (χ0v) is 20.9. The number of carbonyl (C=O) groups is 1. The highest BCUT2D eigenvalue weighted by Gasteiger charge is 2.20. The molecular formula is C28H24N6OS. The summed E-state index contributed by atoms with van der Waals surface area (Å²) >= 11 is 1.37. The number of pyridine rings is 1. The van der Waals surface area contributed by atoms with E-state index in [-0.39, 0.29) is 11.5 Å². The number of nitriles is 1. The third-order valence-corrected chi connectivity index (χ3v) is 7.14. The van der Waals surface area contributed by atoms with Crippen LogP contribution in [0.25, 0.3) is 28.0 Å². The van der Waals surface area contributed by atoms with Gasteiger partial charge in [0.05, 0.1) is 23.9 Å². The lowest BCUT2D eigenvalue weighted by Crippen LogP contribution is -2.05. The van der Waals surface area contributed by atoms with E-state index in [2.05, 4.69) is 47.2 Å². The maximum atomic E-state index is 13.4. The number of ketones is 1. The van der Waals surface area contributed by atoms with E-state index in [9.17, 15) is 4.79 Å². The van der Waals surface area contributed by atoms with E-state index in [0.717, 1.165) is 22.2 Å². The number of thioether (sulfide) groups is 1. The summed E-state index contributed by atoms with van der Waals surface area (Å²) in [6, 6.07) is 20.0. The molecule has 3 aromatic heterocycles. The normalized spacial score (nSPS) is 11.0. The summed E-state index contributed by atoms with van der Waals surface area (Å²) in [6.07, 6.45) is 5.71. The molecule has 2 aromatic carbocycles. The SMILES string of the molecule is Cc1ccc(-n2c(SCC(=O)c3cn(CCC#N)c4ccccc34)nnc2-c2ccncc2)cc1C. The van der Waals surface area contributed by atoms with Gasteiger partial charge in [0, 0.05) is 47.2 Å². The molecule has 0 aliphatic rings. The number of para-hydroxylation sites is 1. The van der Waals surface area contributed by atoms with Crippen LogP contribution < -0.4 is 0 Å². The van der Waals surface area contributed by atoms with Crippen LogP contribution in [-0.4, -0.2) is 35.9 Å². The number of aromatic nitrogens is 5. The van der Waals surface area contributed by atoms with E-state index in [1.54, 1.807) is 12.4 Å². The molecule has 0 saturated carbocycles. The van der Waals surface area contributed by atoms with E-state index in [1.165, 1.54) is 22.9 Å². The molecular weight excluding hydrogens is 468 g/mol. The van der Waals surface area contributed by atoms with Crippen LogP contribution >= 0.6 is 11.8 Å². The number of Topliss-reactive ketones (excluding diaryl/α,β-unsaturated/α-hetero) is 1. The second-order valence-electron chi connectivity index (χ2n) is 8.52. The fraction of sp³-hybridized carbons (Fsp3) is 0.179. The summed E-state index contributed by atoms with van der Waals surface area (Å²) < 4.78 is 3.98. The monoisotopic (exact) mass is 492 g/mol. The van der Waals surface area contributed by atoms with Crippen LogP contribution in [0, 0.1) is 25.2 Å². The molecule has 0 aliphatic heterocycles. The molecule has 0 atom stereocenters. The fourth-order valence-corrected chi connectivity index (χ4v) is 5.02. The smallest absolute Gasteiger partial charge is 0.196 e. The van der Waals surface area contributed by atoms with Crippen molar-refractivity contribution in [3.63, 3.8) is 0 Å². The predicted octanol–water partition coefficient (Wildman–Crippen LogP) is 5.79. The number of carbonyl (C=O) groups excluding carboxylic acids is 1. The average molecular weight is 493 g/mol. The maximum absolute atomic E-state index is 13.4. The number of benzene rings is 2. The van der Waals surface area contributed by atoms with E-state index < -0.39 is 0 Å². The van der Waals surface area contributed by atoms with Crippen molar-refractivity contribution in [2.45, 2.75) is 32.0 Å². The van der Waals surface area contributed by atoms with Crippen LogP contribution in [0.3, 0.4) is 0 Å². The lowest BCUT2D eigenvalue weighted by molar-refractivity contribution is 0.102. The van der Waals surface area contributed by atoms with Gasteiger partial charge in [-0.2, -0.15) is 5.26 Å². The van der Waals surface area contributed by atoms with E-state index in [0.29, 0.717) is 29.5 Å². The van der Waals surface area contributed by atoms with Crippen LogP contribution in [0.1, 0.15) is 27.9 Å². The molecule has 0 fully saturated rings. The van der Waals surface area contributed by atoms with Gasteiger partial charge < -0.3 is 4.57 Å². The maximum Gasteiger partial charge on any atom is 0.196 e. The molecule has 0 aliphatic carbocycles. The minimum Gasteiger partial charge on any atom is -0.346 e. The average Bonchev–Trinajstić information content (AvgIpc) is 3.50. The van der Waals surface area contributed by atoms with Crippen LogP contribution in [0.5, 0.6) is 0 Å². The predicted molar refractivity (Wildman–Crippen MR) is 141 cm³/mol. The van der Waals surface area contributed by atoms with Gasteiger partial charge >= 0.3 is 0 Å². The number of hydrogen-bond acceptors (Lipinski definition) is 6. The molecule has 0 radical (unpaired) electrons. The second-order valence-corrected chi connectivity index (χ2v) is 9.46. The highest BCUT2D eigenvalue weighted by Crippen LogP contribution is 2.30. The lowest BCUT2D eigenvalue weighted by Gasteiger charge is -2.12.